The van der Waals surface area contributed by atoms with Crippen molar-refractivity contribution in [1.82, 2.24) is 4.98 Å². The summed E-state index contributed by atoms with van der Waals surface area (Å²) in [6.07, 6.45) is 0.432. The fourth-order valence-corrected chi connectivity index (χ4v) is 2.21. The quantitative estimate of drug-likeness (QED) is 0.701. The molecule has 0 aliphatic heterocycles. The van der Waals surface area contributed by atoms with Gasteiger partial charge in [0.05, 0.1) is 6.61 Å². The van der Waals surface area contributed by atoms with Crippen molar-refractivity contribution < 1.29 is 19.7 Å². The van der Waals surface area contributed by atoms with E-state index in [1.807, 2.05) is 19.1 Å². The SMILES string of the molecule is Cc1cc(Cl)cc(Nc2ncccc2C(=O)OCC(O)CO)c1. The topological polar surface area (TPSA) is 91.7 Å². The second-order valence-corrected chi connectivity index (χ2v) is 5.41. The first-order chi connectivity index (χ1) is 11.0. The highest BCUT2D eigenvalue weighted by Crippen LogP contribution is 2.23. The molecular formula is C16H17ClN2O4. The zero-order valence-electron chi connectivity index (χ0n) is 12.5. The van der Waals surface area contributed by atoms with Gasteiger partial charge in [0.25, 0.3) is 0 Å². The van der Waals surface area contributed by atoms with Crippen molar-refractivity contribution in [3.63, 3.8) is 0 Å². The van der Waals surface area contributed by atoms with E-state index >= 15 is 0 Å². The summed E-state index contributed by atoms with van der Waals surface area (Å²) >= 11 is 6.02. The molecule has 0 aliphatic rings. The molecule has 0 aliphatic carbocycles. The number of anilines is 2. The maximum atomic E-state index is 12.1. The molecule has 0 spiro atoms. The van der Waals surface area contributed by atoms with E-state index in [1.165, 1.54) is 0 Å². The average Bonchev–Trinajstić information content (AvgIpc) is 2.51. The summed E-state index contributed by atoms with van der Waals surface area (Å²) in [4.78, 5) is 16.2. The van der Waals surface area contributed by atoms with E-state index < -0.39 is 18.7 Å². The number of hydrogen-bond donors (Lipinski definition) is 3. The van der Waals surface area contributed by atoms with Gasteiger partial charge in [0, 0.05) is 16.9 Å². The normalized spacial score (nSPS) is 11.8. The molecule has 122 valence electrons. The number of aliphatic hydroxyl groups excluding tert-OH is 2. The van der Waals surface area contributed by atoms with Crippen molar-refractivity contribution in [2.75, 3.05) is 18.5 Å². The van der Waals surface area contributed by atoms with Gasteiger partial charge in [-0.25, -0.2) is 9.78 Å². The Hall–Kier alpha value is -2.15. The van der Waals surface area contributed by atoms with Crippen LogP contribution in [0.1, 0.15) is 15.9 Å². The van der Waals surface area contributed by atoms with Gasteiger partial charge in [-0.15, -0.1) is 0 Å². The van der Waals surface area contributed by atoms with Crippen LogP contribution in [0.3, 0.4) is 0 Å². The minimum Gasteiger partial charge on any atom is -0.459 e. The van der Waals surface area contributed by atoms with Gasteiger partial charge < -0.3 is 20.3 Å². The summed E-state index contributed by atoms with van der Waals surface area (Å²) < 4.78 is 4.95. The number of ether oxygens (including phenoxy) is 1. The first kappa shape index (κ1) is 17.2. The Morgan fingerprint density at radius 1 is 1.43 bits per heavy atom. The minimum atomic E-state index is -1.11. The molecule has 23 heavy (non-hydrogen) atoms. The Morgan fingerprint density at radius 3 is 2.91 bits per heavy atom. The zero-order valence-corrected chi connectivity index (χ0v) is 13.2. The Morgan fingerprint density at radius 2 is 2.22 bits per heavy atom. The van der Waals surface area contributed by atoms with E-state index in [-0.39, 0.29) is 12.2 Å². The van der Waals surface area contributed by atoms with Gasteiger partial charge in [0.2, 0.25) is 0 Å². The lowest BCUT2D eigenvalue weighted by Gasteiger charge is -2.12. The second-order valence-electron chi connectivity index (χ2n) is 4.98. The monoisotopic (exact) mass is 336 g/mol. The maximum Gasteiger partial charge on any atom is 0.342 e. The van der Waals surface area contributed by atoms with Gasteiger partial charge in [-0.2, -0.15) is 0 Å². The number of nitrogens with zero attached hydrogens (tertiary/aromatic N) is 1. The summed E-state index contributed by atoms with van der Waals surface area (Å²) in [6.45, 7) is 1.13. The zero-order chi connectivity index (χ0) is 16.8. The molecule has 0 fully saturated rings. The number of nitrogens with one attached hydrogen (secondary N) is 1. The van der Waals surface area contributed by atoms with Gasteiger partial charge in [0.15, 0.2) is 0 Å². The Kier molecular flexibility index (Phi) is 5.92. The molecule has 3 N–H and O–H groups in total. The van der Waals surface area contributed by atoms with Crippen molar-refractivity contribution in [3.05, 3.63) is 52.7 Å². The van der Waals surface area contributed by atoms with Crippen LogP contribution >= 0.6 is 11.6 Å². The first-order valence-corrected chi connectivity index (χ1v) is 7.32. The van der Waals surface area contributed by atoms with Crippen LogP contribution in [0.15, 0.2) is 36.5 Å². The first-order valence-electron chi connectivity index (χ1n) is 6.95. The van der Waals surface area contributed by atoms with E-state index in [9.17, 15) is 9.90 Å². The molecule has 1 atom stereocenters. The fourth-order valence-electron chi connectivity index (χ4n) is 1.92. The van der Waals surface area contributed by atoms with Crippen molar-refractivity contribution in [1.29, 1.82) is 0 Å². The summed E-state index contributed by atoms with van der Waals surface area (Å²) in [5.74, 6) is -0.329. The van der Waals surface area contributed by atoms with Crippen LogP contribution in [0.4, 0.5) is 11.5 Å². The number of carbonyl (C=O) groups excluding carboxylic acids is 1. The number of aliphatic hydroxyl groups is 2. The number of benzene rings is 1. The Balaban J connectivity index is 2.18. The largest absolute Gasteiger partial charge is 0.459 e. The highest BCUT2D eigenvalue weighted by atomic mass is 35.5. The molecule has 1 aromatic carbocycles. The third-order valence-corrected chi connectivity index (χ3v) is 3.17. The van der Waals surface area contributed by atoms with Gasteiger partial charge in [-0.1, -0.05) is 11.6 Å². The summed E-state index contributed by atoms with van der Waals surface area (Å²) in [7, 11) is 0. The predicted octanol–water partition coefficient (Wildman–Crippen LogP) is 2.30. The molecule has 1 heterocycles. The molecule has 0 saturated carbocycles. The van der Waals surface area contributed by atoms with Crippen LogP contribution in [0, 0.1) is 6.92 Å². The van der Waals surface area contributed by atoms with Crippen molar-refractivity contribution in [2.45, 2.75) is 13.0 Å². The molecule has 1 unspecified atom stereocenters. The Bertz CT molecular complexity index is 673. The van der Waals surface area contributed by atoms with Crippen molar-refractivity contribution in [2.24, 2.45) is 0 Å². The smallest absolute Gasteiger partial charge is 0.342 e. The lowest BCUT2D eigenvalue weighted by molar-refractivity contribution is 0.00938. The van der Waals surface area contributed by atoms with E-state index in [1.54, 1.807) is 24.4 Å². The van der Waals surface area contributed by atoms with Crippen molar-refractivity contribution >= 4 is 29.1 Å². The molecule has 2 aromatic rings. The number of hydrogen-bond acceptors (Lipinski definition) is 6. The molecule has 1 aromatic heterocycles. The number of esters is 1. The lowest BCUT2D eigenvalue weighted by atomic mass is 10.2. The van der Waals surface area contributed by atoms with Crippen LogP contribution in [0.25, 0.3) is 0 Å². The maximum absolute atomic E-state index is 12.1. The summed E-state index contributed by atoms with van der Waals surface area (Å²) in [5, 5.41) is 21.6. The second kappa shape index (κ2) is 7.92. The highest BCUT2D eigenvalue weighted by Gasteiger charge is 2.15. The molecule has 0 radical (unpaired) electrons. The van der Waals surface area contributed by atoms with E-state index in [4.69, 9.17) is 21.4 Å². The average molecular weight is 337 g/mol. The van der Waals surface area contributed by atoms with Crippen LogP contribution in [0.5, 0.6) is 0 Å². The van der Waals surface area contributed by atoms with Crippen LogP contribution in [-0.4, -0.2) is 40.5 Å². The summed E-state index contributed by atoms with van der Waals surface area (Å²) in [6, 6.07) is 8.56. The van der Waals surface area contributed by atoms with Crippen LogP contribution < -0.4 is 5.32 Å². The number of halogens is 1. The molecule has 7 heteroatoms. The fraction of sp³-hybridized carbons (Fsp3) is 0.250. The predicted molar refractivity (Wildman–Crippen MR) is 87.1 cm³/mol. The third-order valence-electron chi connectivity index (χ3n) is 2.95. The van der Waals surface area contributed by atoms with E-state index in [2.05, 4.69) is 10.3 Å². The van der Waals surface area contributed by atoms with Gasteiger partial charge in [0.1, 0.15) is 24.1 Å². The van der Waals surface area contributed by atoms with Crippen LogP contribution in [0.2, 0.25) is 5.02 Å². The van der Waals surface area contributed by atoms with E-state index in [0.717, 1.165) is 5.56 Å². The minimum absolute atomic E-state index is 0.218. The molecule has 2 rings (SSSR count). The molecule has 0 amide bonds. The number of rotatable bonds is 6. The third kappa shape index (κ3) is 4.92. The number of aryl methyl sites for hydroxylation is 1. The molecule has 6 nitrogen and oxygen atoms in total. The summed E-state index contributed by atoms with van der Waals surface area (Å²) in [5.41, 5.74) is 1.87. The van der Waals surface area contributed by atoms with Gasteiger partial charge >= 0.3 is 5.97 Å². The molecular weight excluding hydrogens is 320 g/mol. The number of aromatic nitrogens is 1. The lowest BCUT2D eigenvalue weighted by Crippen LogP contribution is -2.22. The number of carbonyl (C=O) groups is 1. The van der Waals surface area contributed by atoms with Gasteiger partial charge in [-0.05, 0) is 42.8 Å². The highest BCUT2D eigenvalue weighted by molar-refractivity contribution is 6.31. The Labute approximate surface area is 138 Å². The van der Waals surface area contributed by atoms with E-state index in [0.29, 0.717) is 16.5 Å². The van der Waals surface area contributed by atoms with Crippen molar-refractivity contribution in [3.8, 4) is 0 Å². The standard InChI is InChI=1S/C16H17ClN2O4/c1-10-5-11(17)7-12(6-10)19-15-14(3-2-4-18-15)16(22)23-9-13(21)8-20/h2-7,13,20-21H,8-9H2,1H3,(H,18,19). The molecule has 0 saturated heterocycles. The van der Waals surface area contributed by atoms with Gasteiger partial charge in [-0.3, -0.25) is 0 Å². The van der Waals surface area contributed by atoms with Crippen LogP contribution in [-0.2, 0) is 4.74 Å². The number of pyridine rings is 1. The molecule has 0 bridgehead atoms.